The van der Waals surface area contributed by atoms with Crippen LogP contribution in [0.5, 0.6) is 5.75 Å². The molecule has 1 aromatic rings. The Morgan fingerprint density at radius 3 is 2.96 bits per heavy atom. The summed E-state index contributed by atoms with van der Waals surface area (Å²) in [6.45, 7) is 3.62. The van der Waals surface area contributed by atoms with Crippen molar-refractivity contribution in [1.29, 1.82) is 0 Å². The molecule has 0 saturated carbocycles. The Balaban J connectivity index is 1.94. The first kappa shape index (κ1) is 16.6. The predicted octanol–water partition coefficient (Wildman–Crippen LogP) is 1.23. The standard InChI is InChI=1S/C17H23N3O4/c1-3-18-17(22)20-11-12-10-14(20)16(21)19(8-9-23-2)13-6-4-5-7-15(13)24-12/h4-7,12,14H,3,8-11H2,1-2H3,(H,18,22)/t12-,14-/m0/s1. The van der Waals surface area contributed by atoms with Gasteiger partial charge < -0.3 is 24.6 Å². The van der Waals surface area contributed by atoms with Crippen LogP contribution in [0.1, 0.15) is 13.3 Å². The van der Waals surface area contributed by atoms with E-state index in [-0.39, 0.29) is 18.0 Å². The number of anilines is 1. The fraction of sp³-hybridized carbons (Fsp3) is 0.529. The van der Waals surface area contributed by atoms with Crippen molar-refractivity contribution in [2.45, 2.75) is 25.5 Å². The quantitative estimate of drug-likeness (QED) is 0.900. The Labute approximate surface area is 141 Å². The maximum atomic E-state index is 13.1. The van der Waals surface area contributed by atoms with Gasteiger partial charge in [0.05, 0.1) is 18.8 Å². The number of fused-ring (bicyclic) bond motifs is 3. The molecule has 1 saturated heterocycles. The lowest BCUT2D eigenvalue weighted by atomic mass is 10.1. The molecule has 0 unspecified atom stereocenters. The fourth-order valence-corrected chi connectivity index (χ4v) is 3.27. The molecule has 3 rings (SSSR count). The molecule has 1 N–H and O–H groups in total. The molecule has 130 valence electrons. The fourth-order valence-electron chi connectivity index (χ4n) is 3.27. The van der Waals surface area contributed by atoms with E-state index in [0.717, 1.165) is 5.69 Å². The van der Waals surface area contributed by atoms with E-state index < -0.39 is 6.04 Å². The zero-order chi connectivity index (χ0) is 17.1. The molecule has 0 aliphatic carbocycles. The number of likely N-dealkylation sites (tertiary alicyclic amines) is 1. The van der Waals surface area contributed by atoms with Crippen LogP contribution >= 0.6 is 0 Å². The number of methoxy groups -OCH3 is 1. The highest BCUT2D eigenvalue weighted by molar-refractivity contribution is 6.00. The zero-order valence-corrected chi connectivity index (χ0v) is 14.0. The van der Waals surface area contributed by atoms with Gasteiger partial charge in [0.2, 0.25) is 5.91 Å². The van der Waals surface area contributed by atoms with Gasteiger partial charge in [0.1, 0.15) is 17.9 Å². The van der Waals surface area contributed by atoms with Crippen molar-refractivity contribution in [2.24, 2.45) is 0 Å². The van der Waals surface area contributed by atoms with Crippen LogP contribution in [-0.2, 0) is 9.53 Å². The van der Waals surface area contributed by atoms with Gasteiger partial charge in [-0.15, -0.1) is 0 Å². The number of carbonyl (C=O) groups is 2. The minimum atomic E-state index is -0.508. The minimum absolute atomic E-state index is 0.0865. The topological polar surface area (TPSA) is 71.1 Å². The molecule has 24 heavy (non-hydrogen) atoms. The summed E-state index contributed by atoms with van der Waals surface area (Å²) < 4.78 is 11.2. The van der Waals surface area contributed by atoms with Gasteiger partial charge in [0.15, 0.2) is 0 Å². The second kappa shape index (κ2) is 7.09. The molecule has 0 aromatic heterocycles. The summed E-state index contributed by atoms with van der Waals surface area (Å²) >= 11 is 0. The number of amides is 3. The van der Waals surface area contributed by atoms with Gasteiger partial charge in [-0.25, -0.2) is 4.79 Å². The lowest BCUT2D eigenvalue weighted by Crippen LogP contribution is -2.51. The monoisotopic (exact) mass is 333 g/mol. The van der Waals surface area contributed by atoms with Gasteiger partial charge >= 0.3 is 6.03 Å². The van der Waals surface area contributed by atoms with E-state index in [2.05, 4.69) is 5.32 Å². The summed E-state index contributed by atoms with van der Waals surface area (Å²) in [5.74, 6) is 0.583. The molecule has 2 bridgehead atoms. The van der Waals surface area contributed by atoms with E-state index in [9.17, 15) is 9.59 Å². The van der Waals surface area contributed by atoms with Crippen LogP contribution in [0.15, 0.2) is 24.3 Å². The molecule has 0 spiro atoms. The lowest BCUT2D eigenvalue weighted by Gasteiger charge is -2.31. The number of benzene rings is 1. The smallest absolute Gasteiger partial charge is 0.318 e. The van der Waals surface area contributed by atoms with Gasteiger partial charge in [-0.3, -0.25) is 4.79 Å². The lowest BCUT2D eigenvalue weighted by molar-refractivity contribution is -0.122. The summed E-state index contributed by atoms with van der Waals surface area (Å²) in [7, 11) is 1.60. The first-order valence-electron chi connectivity index (χ1n) is 8.26. The van der Waals surface area contributed by atoms with Crippen molar-refractivity contribution in [1.82, 2.24) is 10.2 Å². The highest BCUT2D eigenvalue weighted by Crippen LogP contribution is 2.35. The molecule has 1 fully saturated rings. The molecule has 0 radical (unpaired) electrons. The van der Waals surface area contributed by atoms with Gasteiger partial charge in [0, 0.05) is 26.6 Å². The van der Waals surface area contributed by atoms with E-state index in [4.69, 9.17) is 9.47 Å². The number of para-hydroxylation sites is 2. The third-order valence-corrected chi connectivity index (χ3v) is 4.37. The number of urea groups is 1. The second-order valence-corrected chi connectivity index (χ2v) is 5.93. The van der Waals surface area contributed by atoms with E-state index >= 15 is 0 Å². The van der Waals surface area contributed by atoms with Crippen LogP contribution in [0.3, 0.4) is 0 Å². The third-order valence-electron chi connectivity index (χ3n) is 4.37. The molecule has 7 heteroatoms. The van der Waals surface area contributed by atoms with E-state index in [1.54, 1.807) is 16.9 Å². The van der Waals surface area contributed by atoms with E-state index in [0.29, 0.717) is 38.4 Å². The van der Waals surface area contributed by atoms with Gasteiger partial charge in [0.25, 0.3) is 0 Å². The van der Waals surface area contributed by atoms with E-state index in [1.165, 1.54) is 0 Å². The Kier molecular flexibility index (Phi) is 4.89. The normalized spacial score (nSPS) is 22.5. The Bertz CT molecular complexity index is 622. The molecular formula is C17H23N3O4. The number of ether oxygens (including phenoxy) is 2. The van der Waals surface area contributed by atoms with Crippen LogP contribution in [0.25, 0.3) is 0 Å². The number of carbonyl (C=O) groups excluding carboxylic acids is 2. The predicted molar refractivity (Wildman–Crippen MR) is 89.3 cm³/mol. The molecular weight excluding hydrogens is 310 g/mol. The maximum Gasteiger partial charge on any atom is 0.318 e. The molecule has 2 heterocycles. The average Bonchev–Trinajstić information content (AvgIpc) is 3.00. The number of hydrogen-bond donors (Lipinski definition) is 1. The molecule has 2 aliphatic rings. The third kappa shape index (κ3) is 3.03. The highest BCUT2D eigenvalue weighted by Gasteiger charge is 2.44. The van der Waals surface area contributed by atoms with Crippen molar-refractivity contribution < 1.29 is 19.1 Å². The van der Waals surface area contributed by atoms with Crippen LogP contribution < -0.4 is 15.0 Å². The minimum Gasteiger partial charge on any atom is -0.486 e. The van der Waals surface area contributed by atoms with E-state index in [1.807, 2.05) is 31.2 Å². The van der Waals surface area contributed by atoms with Gasteiger partial charge in [-0.05, 0) is 19.1 Å². The van der Waals surface area contributed by atoms with Crippen LogP contribution in [-0.4, -0.2) is 62.3 Å². The Morgan fingerprint density at radius 2 is 2.21 bits per heavy atom. The van der Waals surface area contributed by atoms with Gasteiger partial charge in [-0.1, -0.05) is 12.1 Å². The molecule has 7 nitrogen and oxygen atoms in total. The largest absolute Gasteiger partial charge is 0.486 e. The molecule has 1 aromatic carbocycles. The van der Waals surface area contributed by atoms with Crippen molar-refractivity contribution >= 4 is 17.6 Å². The first-order chi connectivity index (χ1) is 11.7. The van der Waals surface area contributed by atoms with Crippen LogP contribution in [0.4, 0.5) is 10.5 Å². The highest BCUT2D eigenvalue weighted by atomic mass is 16.5. The summed E-state index contributed by atoms with van der Waals surface area (Å²) in [6, 6.07) is 6.75. The summed E-state index contributed by atoms with van der Waals surface area (Å²) in [5.41, 5.74) is 0.729. The van der Waals surface area contributed by atoms with Crippen LogP contribution in [0.2, 0.25) is 0 Å². The van der Waals surface area contributed by atoms with Gasteiger partial charge in [-0.2, -0.15) is 0 Å². The van der Waals surface area contributed by atoms with Crippen molar-refractivity contribution in [3.63, 3.8) is 0 Å². The number of hydrogen-bond acceptors (Lipinski definition) is 4. The Hall–Kier alpha value is -2.28. The molecule has 2 aliphatic heterocycles. The first-order valence-corrected chi connectivity index (χ1v) is 8.26. The summed E-state index contributed by atoms with van der Waals surface area (Å²) in [5, 5.41) is 2.78. The maximum absolute atomic E-state index is 13.1. The van der Waals surface area contributed by atoms with Crippen molar-refractivity contribution in [2.75, 3.05) is 38.3 Å². The van der Waals surface area contributed by atoms with Crippen LogP contribution in [0, 0.1) is 0 Å². The zero-order valence-electron chi connectivity index (χ0n) is 14.0. The molecule has 2 atom stereocenters. The average molecular weight is 333 g/mol. The number of nitrogens with one attached hydrogen (secondary N) is 1. The molecule has 3 amide bonds. The van der Waals surface area contributed by atoms with Crippen molar-refractivity contribution in [3.05, 3.63) is 24.3 Å². The summed E-state index contributed by atoms with van der Waals surface area (Å²) in [4.78, 5) is 28.7. The number of nitrogens with zero attached hydrogens (tertiary/aromatic N) is 2. The Morgan fingerprint density at radius 1 is 1.42 bits per heavy atom. The SMILES string of the molecule is CCNC(=O)N1C[C@@H]2C[C@H]1C(=O)N(CCOC)c1ccccc1O2. The summed E-state index contributed by atoms with van der Waals surface area (Å²) in [6.07, 6.45) is 0.334. The van der Waals surface area contributed by atoms with Crippen molar-refractivity contribution in [3.8, 4) is 5.75 Å². The second-order valence-electron chi connectivity index (χ2n) is 5.93. The number of rotatable bonds is 4.